The van der Waals surface area contributed by atoms with Crippen molar-refractivity contribution in [2.24, 2.45) is 0 Å². The summed E-state index contributed by atoms with van der Waals surface area (Å²) >= 11 is 0. The van der Waals surface area contributed by atoms with E-state index in [1.54, 1.807) is 7.11 Å². The maximum Gasteiger partial charge on any atom is 0.303 e. The normalized spacial score (nSPS) is 11.4. The van der Waals surface area contributed by atoms with Crippen LogP contribution in [0.4, 0.5) is 0 Å². The van der Waals surface area contributed by atoms with E-state index in [1.807, 2.05) is 0 Å². The SMILES string of the molecule is COCCOCCOCCOCCOCCOCCOCCOCCCCCCCCCCCCCCCC(=O)O. The number of hydrogen-bond acceptors (Lipinski definition) is 9. The van der Waals surface area contributed by atoms with E-state index >= 15 is 0 Å². The number of unbranched alkanes of at least 4 members (excludes halogenated alkanes) is 12. The lowest BCUT2D eigenvalue weighted by Gasteiger charge is -2.08. The van der Waals surface area contributed by atoms with Gasteiger partial charge in [0.1, 0.15) is 0 Å². The molecular formula is C31H62O10. The summed E-state index contributed by atoms with van der Waals surface area (Å²) in [5, 5.41) is 8.61. The molecular weight excluding hydrogens is 532 g/mol. The van der Waals surface area contributed by atoms with Crippen molar-refractivity contribution in [3.05, 3.63) is 0 Å². The smallest absolute Gasteiger partial charge is 0.303 e. The first-order chi connectivity index (χ1) is 20.3. The van der Waals surface area contributed by atoms with Gasteiger partial charge in [-0.3, -0.25) is 4.79 Å². The Kier molecular flexibility index (Phi) is 36.4. The zero-order valence-electron chi connectivity index (χ0n) is 26.1. The summed E-state index contributed by atoms with van der Waals surface area (Å²) in [6, 6.07) is 0. The van der Waals surface area contributed by atoms with Gasteiger partial charge in [-0.05, 0) is 12.8 Å². The van der Waals surface area contributed by atoms with E-state index in [1.165, 1.54) is 64.2 Å². The van der Waals surface area contributed by atoms with Crippen LogP contribution in [-0.4, -0.2) is 117 Å². The van der Waals surface area contributed by atoms with Crippen LogP contribution in [-0.2, 0) is 42.7 Å². The maximum absolute atomic E-state index is 10.5. The molecule has 0 aromatic heterocycles. The number of carboxylic acid groups (broad SMARTS) is 1. The predicted octanol–water partition coefficient (Wildman–Crippen LogP) is 5.30. The summed E-state index contributed by atoms with van der Waals surface area (Å²) in [5.41, 5.74) is 0. The molecule has 0 aliphatic carbocycles. The molecule has 0 unspecified atom stereocenters. The summed E-state index contributed by atoms with van der Waals surface area (Å²) in [6.45, 7) is 8.74. The van der Waals surface area contributed by atoms with Crippen molar-refractivity contribution in [2.75, 3.05) is 106 Å². The monoisotopic (exact) mass is 594 g/mol. The lowest BCUT2D eigenvalue weighted by molar-refractivity contribution is -0.137. The van der Waals surface area contributed by atoms with Crippen LogP contribution in [0.1, 0.15) is 89.9 Å². The standard InChI is InChI=1S/C31H62O10/c1-34-17-18-36-21-22-38-25-26-40-29-30-41-28-27-39-24-23-37-20-19-35-16-14-12-10-8-6-4-2-3-5-7-9-11-13-15-31(32)33/h2-30H2,1H3,(H,32,33). The topological polar surface area (TPSA) is 111 Å². The number of carbonyl (C=O) groups is 1. The third kappa shape index (κ3) is 39.1. The summed E-state index contributed by atoms with van der Waals surface area (Å²) in [5.74, 6) is -0.673. The van der Waals surface area contributed by atoms with Crippen molar-refractivity contribution < 1.29 is 47.8 Å². The van der Waals surface area contributed by atoms with Gasteiger partial charge in [0.15, 0.2) is 0 Å². The molecule has 0 saturated carbocycles. The van der Waals surface area contributed by atoms with Crippen molar-refractivity contribution >= 4 is 5.97 Å². The van der Waals surface area contributed by atoms with Crippen molar-refractivity contribution in [1.82, 2.24) is 0 Å². The van der Waals surface area contributed by atoms with E-state index in [0.717, 1.165) is 25.9 Å². The van der Waals surface area contributed by atoms with Crippen molar-refractivity contribution in [3.8, 4) is 0 Å². The van der Waals surface area contributed by atoms with Gasteiger partial charge in [-0.15, -0.1) is 0 Å². The van der Waals surface area contributed by atoms with Crippen LogP contribution < -0.4 is 0 Å². The number of aliphatic carboxylic acids is 1. The number of carboxylic acids is 1. The number of hydrogen-bond donors (Lipinski definition) is 1. The molecule has 0 aromatic carbocycles. The van der Waals surface area contributed by atoms with Gasteiger partial charge in [0.2, 0.25) is 0 Å². The minimum atomic E-state index is -0.673. The summed E-state index contributed by atoms with van der Waals surface area (Å²) in [7, 11) is 1.65. The minimum Gasteiger partial charge on any atom is -0.481 e. The third-order valence-electron chi connectivity index (χ3n) is 6.34. The van der Waals surface area contributed by atoms with Gasteiger partial charge in [-0.1, -0.05) is 70.6 Å². The predicted molar refractivity (Wildman–Crippen MR) is 160 cm³/mol. The Morgan fingerprint density at radius 3 is 0.902 bits per heavy atom. The Balaban J connectivity index is 3.03. The van der Waals surface area contributed by atoms with Crippen molar-refractivity contribution in [3.63, 3.8) is 0 Å². The lowest BCUT2D eigenvalue weighted by atomic mass is 10.0. The molecule has 0 heterocycles. The van der Waals surface area contributed by atoms with Crippen LogP contribution in [0.15, 0.2) is 0 Å². The Morgan fingerprint density at radius 1 is 0.366 bits per heavy atom. The molecule has 1 N–H and O–H groups in total. The van der Waals surface area contributed by atoms with Gasteiger partial charge >= 0.3 is 5.97 Å². The average Bonchev–Trinajstić information content (AvgIpc) is 2.97. The van der Waals surface area contributed by atoms with Crippen LogP contribution in [0.3, 0.4) is 0 Å². The first-order valence-corrected chi connectivity index (χ1v) is 16.0. The van der Waals surface area contributed by atoms with Crippen molar-refractivity contribution in [1.29, 1.82) is 0 Å². The molecule has 246 valence electrons. The highest BCUT2D eigenvalue weighted by Gasteiger charge is 1.98. The molecule has 0 spiro atoms. The molecule has 0 bridgehead atoms. The zero-order chi connectivity index (χ0) is 29.7. The summed E-state index contributed by atoms with van der Waals surface area (Å²) < 4.78 is 43.2. The molecule has 0 radical (unpaired) electrons. The zero-order valence-corrected chi connectivity index (χ0v) is 26.1. The first-order valence-electron chi connectivity index (χ1n) is 16.0. The van der Waals surface area contributed by atoms with Crippen LogP contribution >= 0.6 is 0 Å². The van der Waals surface area contributed by atoms with Gasteiger partial charge in [0.05, 0.1) is 92.5 Å². The molecule has 0 aromatic rings. The average molecular weight is 595 g/mol. The molecule has 0 aliphatic heterocycles. The fourth-order valence-electron chi connectivity index (χ4n) is 3.99. The van der Waals surface area contributed by atoms with Gasteiger partial charge in [0, 0.05) is 20.1 Å². The highest BCUT2D eigenvalue weighted by molar-refractivity contribution is 5.66. The number of methoxy groups -OCH3 is 1. The Bertz CT molecular complexity index is 496. The van der Waals surface area contributed by atoms with Crippen LogP contribution in [0.5, 0.6) is 0 Å². The van der Waals surface area contributed by atoms with Gasteiger partial charge in [0.25, 0.3) is 0 Å². The second-order valence-corrected chi connectivity index (χ2v) is 10.0. The molecule has 0 amide bonds. The molecule has 10 nitrogen and oxygen atoms in total. The quantitative estimate of drug-likeness (QED) is 0.0952. The van der Waals surface area contributed by atoms with Crippen LogP contribution in [0, 0.1) is 0 Å². The number of rotatable bonds is 37. The Morgan fingerprint density at radius 2 is 0.610 bits per heavy atom. The van der Waals surface area contributed by atoms with Gasteiger partial charge in [-0.2, -0.15) is 0 Å². The van der Waals surface area contributed by atoms with Gasteiger partial charge in [-0.25, -0.2) is 0 Å². The highest BCUT2D eigenvalue weighted by Crippen LogP contribution is 2.13. The van der Waals surface area contributed by atoms with Crippen LogP contribution in [0.2, 0.25) is 0 Å². The van der Waals surface area contributed by atoms with Crippen LogP contribution in [0.25, 0.3) is 0 Å². The Hall–Kier alpha value is -0.850. The second-order valence-electron chi connectivity index (χ2n) is 10.0. The molecule has 0 atom stereocenters. The second kappa shape index (κ2) is 37.2. The van der Waals surface area contributed by atoms with E-state index in [2.05, 4.69) is 0 Å². The first kappa shape index (κ1) is 40.1. The highest BCUT2D eigenvalue weighted by atomic mass is 16.6. The summed E-state index contributed by atoms with van der Waals surface area (Å²) in [4.78, 5) is 10.5. The third-order valence-corrected chi connectivity index (χ3v) is 6.34. The summed E-state index contributed by atoms with van der Waals surface area (Å²) in [6.07, 6.45) is 16.2. The van der Waals surface area contributed by atoms with E-state index in [0.29, 0.717) is 98.9 Å². The maximum atomic E-state index is 10.5. The number of ether oxygens (including phenoxy) is 8. The minimum absolute atomic E-state index is 0.318. The van der Waals surface area contributed by atoms with Gasteiger partial charge < -0.3 is 43.0 Å². The van der Waals surface area contributed by atoms with Crippen molar-refractivity contribution in [2.45, 2.75) is 89.9 Å². The van der Waals surface area contributed by atoms with E-state index < -0.39 is 5.97 Å². The lowest BCUT2D eigenvalue weighted by Crippen LogP contribution is -2.14. The van der Waals surface area contributed by atoms with E-state index in [4.69, 9.17) is 43.0 Å². The fraction of sp³-hybridized carbons (Fsp3) is 0.968. The molecule has 41 heavy (non-hydrogen) atoms. The molecule has 0 rings (SSSR count). The molecule has 0 aliphatic rings. The molecule has 0 saturated heterocycles. The molecule has 10 heteroatoms. The molecule has 0 fully saturated rings. The largest absolute Gasteiger partial charge is 0.481 e. The fourth-order valence-corrected chi connectivity index (χ4v) is 3.99. The van der Waals surface area contributed by atoms with E-state index in [-0.39, 0.29) is 0 Å². The van der Waals surface area contributed by atoms with E-state index in [9.17, 15) is 4.79 Å². The Labute approximate surface area is 250 Å².